The lowest BCUT2D eigenvalue weighted by molar-refractivity contribution is -1.01. The Morgan fingerprint density at radius 1 is 1.21 bits per heavy atom. The molecule has 0 unspecified atom stereocenters. The molecule has 104 valence electrons. The highest BCUT2D eigenvalue weighted by Gasteiger charge is 2.29. The summed E-state index contributed by atoms with van der Waals surface area (Å²) in [4.78, 5) is 15.0. The Labute approximate surface area is 113 Å². The van der Waals surface area contributed by atoms with Gasteiger partial charge in [-0.15, -0.1) is 0 Å². The minimum atomic E-state index is -0.293. The van der Waals surface area contributed by atoms with Crippen molar-refractivity contribution in [2.45, 2.75) is 13.0 Å². The summed E-state index contributed by atoms with van der Waals surface area (Å²) in [5.74, 6) is -0.292. The normalized spacial score (nSPS) is 24.8. The van der Waals surface area contributed by atoms with Crippen LogP contribution in [-0.4, -0.2) is 45.2 Å². The number of halogens is 1. The first-order chi connectivity index (χ1) is 9.06. The van der Waals surface area contributed by atoms with E-state index in [0.717, 1.165) is 26.2 Å². The molecule has 0 aliphatic carbocycles. The van der Waals surface area contributed by atoms with Crippen LogP contribution in [0.2, 0.25) is 0 Å². The number of anilines is 1. The molecule has 0 radical (unpaired) electrons. The fourth-order valence-corrected chi connectivity index (χ4v) is 2.40. The Kier molecular flexibility index (Phi) is 4.50. The average molecular weight is 267 g/mol. The first-order valence-electron chi connectivity index (χ1n) is 6.78. The van der Waals surface area contributed by atoms with Crippen LogP contribution in [-0.2, 0) is 4.79 Å². The van der Waals surface area contributed by atoms with Crippen LogP contribution in [0.5, 0.6) is 0 Å². The number of hydrogen-bond acceptors (Lipinski definition) is 1. The van der Waals surface area contributed by atoms with E-state index >= 15 is 0 Å². The third-order valence-corrected chi connectivity index (χ3v) is 3.86. The van der Waals surface area contributed by atoms with Gasteiger partial charge in [-0.05, 0) is 31.2 Å². The highest BCUT2D eigenvalue weighted by Crippen LogP contribution is 2.08. The number of likely N-dealkylation sites (N-methyl/N-ethyl adjacent to an activating group) is 1. The van der Waals surface area contributed by atoms with E-state index in [4.69, 9.17) is 0 Å². The average Bonchev–Trinajstić information content (AvgIpc) is 2.41. The minimum Gasteiger partial charge on any atom is -0.328 e. The van der Waals surface area contributed by atoms with Crippen molar-refractivity contribution in [2.24, 2.45) is 0 Å². The van der Waals surface area contributed by atoms with Crippen molar-refractivity contribution in [3.8, 4) is 0 Å². The summed E-state index contributed by atoms with van der Waals surface area (Å²) in [5.41, 5.74) is 0.650. The summed E-state index contributed by atoms with van der Waals surface area (Å²) < 4.78 is 12.8. The second kappa shape index (κ2) is 6.12. The summed E-state index contributed by atoms with van der Waals surface area (Å²) in [5, 5.41) is 2.84. The van der Waals surface area contributed by atoms with Crippen LogP contribution in [0.4, 0.5) is 10.1 Å². The van der Waals surface area contributed by atoms with Crippen LogP contribution in [0.3, 0.4) is 0 Å². The molecule has 1 aromatic carbocycles. The Balaban J connectivity index is 1.90. The standard InChI is InChI=1S/C14H20FN3O/c1-11(18-9-7-17(2)8-10-18)14(19)16-13-5-3-12(15)4-6-13/h3-6,11H,7-10H2,1-2H3,(H,16,19)/p+2/t11-/m0/s1. The number of nitrogens with one attached hydrogen (secondary N) is 3. The molecular formula is C14H22FN3O+2. The van der Waals surface area contributed by atoms with Gasteiger partial charge >= 0.3 is 0 Å². The smallest absolute Gasteiger partial charge is 0.282 e. The predicted molar refractivity (Wildman–Crippen MR) is 71.8 cm³/mol. The van der Waals surface area contributed by atoms with Gasteiger partial charge in [0.2, 0.25) is 0 Å². The van der Waals surface area contributed by atoms with Gasteiger partial charge in [0.05, 0.1) is 7.05 Å². The molecule has 1 saturated heterocycles. The lowest BCUT2D eigenvalue weighted by Gasteiger charge is -2.30. The van der Waals surface area contributed by atoms with Crippen molar-refractivity contribution in [1.82, 2.24) is 0 Å². The van der Waals surface area contributed by atoms with Gasteiger partial charge in [0.1, 0.15) is 32.0 Å². The van der Waals surface area contributed by atoms with Gasteiger partial charge < -0.3 is 15.1 Å². The zero-order valence-electron chi connectivity index (χ0n) is 11.5. The van der Waals surface area contributed by atoms with E-state index in [1.165, 1.54) is 21.9 Å². The fraction of sp³-hybridized carbons (Fsp3) is 0.500. The summed E-state index contributed by atoms with van der Waals surface area (Å²) >= 11 is 0. The molecule has 1 aliphatic heterocycles. The molecule has 1 aromatic rings. The molecule has 0 saturated carbocycles. The molecule has 1 amide bonds. The van der Waals surface area contributed by atoms with Crippen LogP contribution < -0.4 is 15.1 Å². The second-order valence-corrected chi connectivity index (χ2v) is 5.33. The molecule has 1 aliphatic rings. The summed E-state index contributed by atoms with van der Waals surface area (Å²) in [6, 6.07) is 5.81. The van der Waals surface area contributed by atoms with Crippen molar-refractivity contribution in [2.75, 3.05) is 38.5 Å². The maximum absolute atomic E-state index is 12.8. The van der Waals surface area contributed by atoms with E-state index in [2.05, 4.69) is 12.4 Å². The topological polar surface area (TPSA) is 38.0 Å². The Morgan fingerprint density at radius 2 is 1.79 bits per heavy atom. The number of benzene rings is 1. The zero-order valence-corrected chi connectivity index (χ0v) is 11.5. The lowest BCUT2D eigenvalue weighted by Crippen LogP contribution is -3.29. The molecular weight excluding hydrogens is 245 g/mol. The van der Waals surface area contributed by atoms with Gasteiger partial charge in [0.15, 0.2) is 6.04 Å². The van der Waals surface area contributed by atoms with E-state index in [-0.39, 0.29) is 17.8 Å². The number of amides is 1. The molecule has 3 N–H and O–H groups in total. The highest BCUT2D eigenvalue weighted by atomic mass is 19.1. The largest absolute Gasteiger partial charge is 0.328 e. The van der Waals surface area contributed by atoms with Crippen LogP contribution in [0, 0.1) is 5.82 Å². The van der Waals surface area contributed by atoms with E-state index in [1.54, 1.807) is 12.1 Å². The van der Waals surface area contributed by atoms with Crippen LogP contribution in [0.25, 0.3) is 0 Å². The van der Waals surface area contributed by atoms with Crippen molar-refractivity contribution in [3.05, 3.63) is 30.1 Å². The molecule has 0 bridgehead atoms. The van der Waals surface area contributed by atoms with Gasteiger partial charge in [-0.2, -0.15) is 0 Å². The molecule has 4 nitrogen and oxygen atoms in total. The molecule has 19 heavy (non-hydrogen) atoms. The fourth-order valence-electron chi connectivity index (χ4n) is 2.40. The number of carbonyl (C=O) groups is 1. The van der Waals surface area contributed by atoms with E-state index in [0.29, 0.717) is 5.69 Å². The van der Waals surface area contributed by atoms with Gasteiger partial charge in [-0.1, -0.05) is 0 Å². The Bertz CT molecular complexity index is 427. The minimum absolute atomic E-state index is 0.00108. The quantitative estimate of drug-likeness (QED) is 0.617. The van der Waals surface area contributed by atoms with E-state index in [9.17, 15) is 9.18 Å². The van der Waals surface area contributed by atoms with E-state index in [1.807, 2.05) is 6.92 Å². The van der Waals surface area contributed by atoms with Crippen molar-refractivity contribution >= 4 is 11.6 Å². The SMILES string of the molecule is C[C@@H](C(=O)Nc1ccc(F)cc1)[NH+]1CC[NH+](C)CC1. The third kappa shape index (κ3) is 3.75. The molecule has 2 rings (SSSR count). The summed E-state index contributed by atoms with van der Waals surface area (Å²) in [6.45, 7) is 6.19. The number of hydrogen-bond donors (Lipinski definition) is 3. The van der Waals surface area contributed by atoms with Crippen LogP contribution in [0.1, 0.15) is 6.92 Å². The predicted octanol–water partition coefficient (Wildman–Crippen LogP) is -1.43. The van der Waals surface area contributed by atoms with Gasteiger partial charge in [-0.25, -0.2) is 4.39 Å². The maximum Gasteiger partial charge on any atom is 0.282 e. The summed E-state index contributed by atoms with van der Waals surface area (Å²) in [6.07, 6.45) is 0. The lowest BCUT2D eigenvalue weighted by atomic mass is 10.2. The maximum atomic E-state index is 12.8. The van der Waals surface area contributed by atoms with Crippen LogP contribution >= 0.6 is 0 Å². The number of rotatable bonds is 3. The molecule has 1 atom stereocenters. The van der Waals surface area contributed by atoms with Gasteiger partial charge in [-0.3, -0.25) is 4.79 Å². The molecule has 1 fully saturated rings. The van der Waals surface area contributed by atoms with Crippen molar-refractivity contribution in [1.29, 1.82) is 0 Å². The molecule has 0 aromatic heterocycles. The third-order valence-electron chi connectivity index (χ3n) is 3.86. The van der Waals surface area contributed by atoms with E-state index < -0.39 is 0 Å². The number of carbonyl (C=O) groups excluding carboxylic acids is 1. The van der Waals surface area contributed by atoms with Crippen molar-refractivity contribution < 1.29 is 19.0 Å². The molecule has 5 heteroatoms. The van der Waals surface area contributed by atoms with Gasteiger partial charge in [0, 0.05) is 5.69 Å². The summed E-state index contributed by atoms with van der Waals surface area (Å²) in [7, 11) is 2.18. The van der Waals surface area contributed by atoms with Crippen LogP contribution in [0.15, 0.2) is 24.3 Å². The van der Waals surface area contributed by atoms with Gasteiger partial charge in [0.25, 0.3) is 5.91 Å². The Morgan fingerprint density at radius 3 is 2.37 bits per heavy atom. The highest BCUT2D eigenvalue weighted by molar-refractivity contribution is 5.93. The number of quaternary nitrogens is 2. The molecule has 0 spiro atoms. The van der Waals surface area contributed by atoms with Crippen molar-refractivity contribution in [3.63, 3.8) is 0 Å². The first-order valence-corrected chi connectivity index (χ1v) is 6.78. The number of piperazine rings is 1. The second-order valence-electron chi connectivity index (χ2n) is 5.33. The monoisotopic (exact) mass is 267 g/mol. The molecule has 1 heterocycles. The zero-order chi connectivity index (χ0) is 13.8. The first kappa shape index (κ1) is 14.0. The Hall–Kier alpha value is -1.46.